The van der Waals surface area contributed by atoms with E-state index in [-0.39, 0.29) is 0 Å². The molecule has 2 rings (SSSR count). The summed E-state index contributed by atoms with van der Waals surface area (Å²) in [5.74, 6) is 0.543. The number of benzene rings is 2. The SMILES string of the molecule is CCCNC(C)C(C)c1ccc2ccccc2c1. The molecule has 0 bridgehead atoms. The molecule has 0 aliphatic rings. The van der Waals surface area contributed by atoms with E-state index in [4.69, 9.17) is 0 Å². The maximum atomic E-state index is 3.58. The zero-order valence-corrected chi connectivity index (χ0v) is 11.6. The Morgan fingerprint density at radius 1 is 1.00 bits per heavy atom. The normalized spacial score (nSPS) is 14.6. The number of hydrogen-bond acceptors (Lipinski definition) is 1. The summed E-state index contributed by atoms with van der Waals surface area (Å²) >= 11 is 0. The molecule has 1 heteroatoms. The minimum absolute atomic E-state index is 0.520. The van der Waals surface area contributed by atoms with Crippen molar-refractivity contribution in [1.29, 1.82) is 0 Å². The predicted molar refractivity (Wildman–Crippen MR) is 80.1 cm³/mol. The van der Waals surface area contributed by atoms with Gasteiger partial charge in [-0.2, -0.15) is 0 Å². The van der Waals surface area contributed by atoms with Crippen LogP contribution in [-0.4, -0.2) is 12.6 Å². The van der Waals surface area contributed by atoms with Gasteiger partial charge in [0.2, 0.25) is 0 Å². The molecule has 2 atom stereocenters. The van der Waals surface area contributed by atoms with Crippen molar-refractivity contribution >= 4 is 10.8 Å². The fourth-order valence-corrected chi connectivity index (χ4v) is 2.33. The van der Waals surface area contributed by atoms with E-state index >= 15 is 0 Å². The van der Waals surface area contributed by atoms with Crippen LogP contribution in [-0.2, 0) is 0 Å². The van der Waals surface area contributed by atoms with Crippen molar-refractivity contribution in [2.45, 2.75) is 39.2 Å². The Kier molecular flexibility index (Phi) is 4.38. The number of rotatable bonds is 5. The fourth-order valence-electron chi connectivity index (χ4n) is 2.33. The molecule has 0 radical (unpaired) electrons. The highest BCUT2D eigenvalue weighted by atomic mass is 14.9. The van der Waals surface area contributed by atoms with Crippen LogP contribution in [0.15, 0.2) is 42.5 Å². The lowest BCUT2D eigenvalue weighted by atomic mass is 9.92. The first-order chi connectivity index (χ1) is 8.72. The Hall–Kier alpha value is -1.34. The second-order valence-electron chi connectivity index (χ2n) is 5.14. The van der Waals surface area contributed by atoms with E-state index in [1.165, 1.54) is 22.8 Å². The van der Waals surface area contributed by atoms with Crippen molar-refractivity contribution in [2.75, 3.05) is 6.54 Å². The molecule has 2 unspecified atom stereocenters. The third-order valence-corrected chi connectivity index (χ3v) is 3.77. The van der Waals surface area contributed by atoms with Crippen molar-refractivity contribution in [3.05, 3.63) is 48.0 Å². The molecule has 96 valence electrons. The number of hydrogen-bond donors (Lipinski definition) is 1. The topological polar surface area (TPSA) is 12.0 Å². The van der Waals surface area contributed by atoms with E-state index in [1.54, 1.807) is 0 Å². The summed E-state index contributed by atoms with van der Waals surface area (Å²) in [6.45, 7) is 7.88. The van der Waals surface area contributed by atoms with Crippen LogP contribution >= 0.6 is 0 Å². The lowest BCUT2D eigenvalue weighted by molar-refractivity contribution is 0.481. The zero-order chi connectivity index (χ0) is 13.0. The first-order valence-electron chi connectivity index (χ1n) is 6.94. The first-order valence-corrected chi connectivity index (χ1v) is 6.94. The smallest absolute Gasteiger partial charge is 0.0105 e. The van der Waals surface area contributed by atoms with E-state index in [0.717, 1.165) is 6.54 Å². The van der Waals surface area contributed by atoms with Crippen molar-refractivity contribution in [2.24, 2.45) is 0 Å². The molecule has 0 aromatic heterocycles. The highest BCUT2D eigenvalue weighted by Gasteiger charge is 2.13. The molecule has 0 amide bonds. The molecule has 0 heterocycles. The quantitative estimate of drug-likeness (QED) is 0.821. The summed E-state index contributed by atoms with van der Waals surface area (Å²) < 4.78 is 0. The van der Waals surface area contributed by atoms with Gasteiger partial charge in [-0.1, -0.05) is 56.3 Å². The van der Waals surface area contributed by atoms with Crippen LogP contribution in [0.2, 0.25) is 0 Å². The molecule has 2 aromatic rings. The van der Waals surface area contributed by atoms with Crippen molar-refractivity contribution < 1.29 is 0 Å². The van der Waals surface area contributed by atoms with E-state index in [2.05, 4.69) is 68.6 Å². The number of fused-ring (bicyclic) bond motifs is 1. The van der Waals surface area contributed by atoms with Gasteiger partial charge >= 0.3 is 0 Å². The third kappa shape index (κ3) is 2.91. The Morgan fingerprint density at radius 2 is 1.72 bits per heavy atom. The lowest BCUT2D eigenvalue weighted by Gasteiger charge is -2.22. The summed E-state index contributed by atoms with van der Waals surface area (Å²) in [6, 6.07) is 15.9. The molecule has 0 fully saturated rings. The second kappa shape index (κ2) is 6.01. The summed E-state index contributed by atoms with van der Waals surface area (Å²) in [7, 11) is 0. The summed E-state index contributed by atoms with van der Waals surface area (Å²) in [6.07, 6.45) is 1.19. The second-order valence-corrected chi connectivity index (χ2v) is 5.14. The lowest BCUT2D eigenvalue weighted by Crippen LogP contribution is -2.31. The van der Waals surface area contributed by atoms with Crippen LogP contribution in [0.25, 0.3) is 10.8 Å². The van der Waals surface area contributed by atoms with Crippen LogP contribution in [0.5, 0.6) is 0 Å². The van der Waals surface area contributed by atoms with Gasteiger partial charge in [-0.05, 0) is 42.1 Å². The van der Waals surface area contributed by atoms with Crippen LogP contribution in [0.3, 0.4) is 0 Å². The highest BCUT2D eigenvalue weighted by molar-refractivity contribution is 5.83. The van der Waals surface area contributed by atoms with Crippen molar-refractivity contribution in [1.82, 2.24) is 5.32 Å². The molecule has 0 saturated carbocycles. The minimum atomic E-state index is 0.520. The van der Waals surface area contributed by atoms with Crippen molar-refractivity contribution in [3.8, 4) is 0 Å². The van der Waals surface area contributed by atoms with Crippen LogP contribution in [0.1, 0.15) is 38.7 Å². The fraction of sp³-hybridized carbons (Fsp3) is 0.412. The Morgan fingerprint density at radius 3 is 2.44 bits per heavy atom. The average molecular weight is 241 g/mol. The van der Waals surface area contributed by atoms with Crippen LogP contribution < -0.4 is 5.32 Å². The Labute approximate surface area is 110 Å². The molecular weight excluding hydrogens is 218 g/mol. The standard InChI is InChI=1S/C17H23N/c1-4-11-18-14(3)13(2)16-10-9-15-7-5-6-8-17(15)12-16/h5-10,12-14,18H,4,11H2,1-3H3. The number of nitrogens with one attached hydrogen (secondary N) is 1. The predicted octanol–water partition coefficient (Wildman–Crippen LogP) is 4.33. The van der Waals surface area contributed by atoms with E-state index < -0.39 is 0 Å². The average Bonchev–Trinajstić information content (AvgIpc) is 2.43. The zero-order valence-electron chi connectivity index (χ0n) is 11.6. The van der Waals surface area contributed by atoms with Crippen LogP contribution in [0, 0.1) is 0 Å². The Balaban J connectivity index is 2.19. The van der Waals surface area contributed by atoms with Gasteiger partial charge in [0.05, 0.1) is 0 Å². The maximum Gasteiger partial charge on any atom is 0.0105 e. The third-order valence-electron chi connectivity index (χ3n) is 3.77. The van der Waals surface area contributed by atoms with Gasteiger partial charge in [0.25, 0.3) is 0 Å². The van der Waals surface area contributed by atoms with Crippen LogP contribution in [0.4, 0.5) is 0 Å². The monoisotopic (exact) mass is 241 g/mol. The molecule has 2 aromatic carbocycles. The maximum absolute atomic E-state index is 3.58. The molecule has 1 N–H and O–H groups in total. The van der Waals surface area contributed by atoms with Gasteiger partial charge in [0, 0.05) is 6.04 Å². The van der Waals surface area contributed by atoms with Crippen molar-refractivity contribution in [3.63, 3.8) is 0 Å². The highest BCUT2D eigenvalue weighted by Crippen LogP contribution is 2.23. The van der Waals surface area contributed by atoms with Gasteiger partial charge in [-0.3, -0.25) is 0 Å². The largest absolute Gasteiger partial charge is 0.314 e. The summed E-state index contributed by atoms with van der Waals surface area (Å²) in [5, 5.41) is 6.24. The Bertz CT molecular complexity index is 504. The van der Waals surface area contributed by atoms with Gasteiger partial charge in [0.15, 0.2) is 0 Å². The summed E-state index contributed by atoms with van der Waals surface area (Å²) in [4.78, 5) is 0. The van der Waals surface area contributed by atoms with E-state index in [0.29, 0.717) is 12.0 Å². The van der Waals surface area contributed by atoms with E-state index in [1.807, 2.05) is 0 Å². The van der Waals surface area contributed by atoms with Gasteiger partial charge in [0.1, 0.15) is 0 Å². The molecule has 1 nitrogen and oxygen atoms in total. The van der Waals surface area contributed by atoms with E-state index in [9.17, 15) is 0 Å². The summed E-state index contributed by atoms with van der Waals surface area (Å²) in [5.41, 5.74) is 1.42. The molecule has 0 saturated heterocycles. The molecule has 18 heavy (non-hydrogen) atoms. The van der Waals surface area contributed by atoms with Gasteiger partial charge in [-0.15, -0.1) is 0 Å². The minimum Gasteiger partial charge on any atom is -0.314 e. The molecule has 0 aliphatic heterocycles. The molecule has 0 spiro atoms. The van der Waals surface area contributed by atoms with Gasteiger partial charge in [-0.25, -0.2) is 0 Å². The molecular formula is C17H23N. The molecule has 0 aliphatic carbocycles. The first kappa shape index (κ1) is 13.1. The van der Waals surface area contributed by atoms with Gasteiger partial charge < -0.3 is 5.32 Å².